The van der Waals surface area contributed by atoms with E-state index in [2.05, 4.69) is 50.5 Å². The fourth-order valence-corrected chi connectivity index (χ4v) is 3.65. The molecule has 1 aliphatic heterocycles. The minimum Gasteiger partial charge on any atom is -0.367 e. The van der Waals surface area contributed by atoms with Crippen molar-refractivity contribution in [3.05, 3.63) is 78.0 Å². The number of carbonyl (C=O) groups is 1. The Kier molecular flexibility index (Phi) is 5.81. The maximum absolute atomic E-state index is 11.2. The predicted octanol–water partition coefficient (Wildman–Crippen LogP) is 3.32. The third kappa shape index (κ3) is 4.97. The van der Waals surface area contributed by atoms with Crippen LogP contribution in [-0.2, 0) is 6.54 Å². The first kappa shape index (κ1) is 19.1. The number of carbonyl (C=O) groups excluding carboxylic acids is 1. The summed E-state index contributed by atoms with van der Waals surface area (Å²) in [5, 5.41) is 3.55. The van der Waals surface area contributed by atoms with E-state index in [4.69, 9.17) is 5.73 Å². The summed E-state index contributed by atoms with van der Waals surface area (Å²) >= 11 is 0. The highest BCUT2D eigenvalue weighted by Gasteiger charge is 2.19. The van der Waals surface area contributed by atoms with Crippen molar-refractivity contribution >= 4 is 11.7 Å². The molecule has 3 aromatic rings. The van der Waals surface area contributed by atoms with Gasteiger partial charge in [0.25, 0.3) is 0 Å². The minimum absolute atomic E-state index is 0.405. The SMILES string of the molecule is NC(=O)c1ccc(-c2nccc(NC3CCN(Cc4ccccc4)CC3)n2)cc1. The highest BCUT2D eigenvalue weighted by molar-refractivity contribution is 5.93. The van der Waals surface area contributed by atoms with E-state index >= 15 is 0 Å². The van der Waals surface area contributed by atoms with Crippen LogP contribution in [0.15, 0.2) is 66.9 Å². The highest BCUT2D eigenvalue weighted by atomic mass is 16.1. The van der Waals surface area contributed by atoms with Crippen molar-refractivity contribution in [2.45, 2.75) is 25.4 Å². The van der Waals surface area contributed by atoms with Crippen molar-refractivity contribution in [1.29, 1.82) is 0 Å². The third-order valence-electron chi connectivity index (χ3n) is 5.27. The lowest BCUT2D eigenvalue weighted by Crippen LogP contribution is -2.38. The zero-order valence-corrected chi connectivity index (χ0v) is 16.3. The molecule has 0 atom stereocenters. The molecule has 29 heavy (non-hydrogen) atoms. The summed E-state index contributed by atoms with van der Waals surface area (Å²) in [7, 11) is 0. The van der Waals surface area contributed by atoms with Crippen LogP contribution in [0.5, 0.6) is 0 Å². The molecule has 148 valence electrons. The van der Waals surface area contributed by atoms with E-state index < -0.39 is 5.91 Å². The van der Waals surface area contributed by atoms with Crippen LogP contribution in [0.3, 0.4) is 0 Å². The summed E-state index contributed by atoms with van der Waals surface area (Å²) < 4.78 is 0. The molecule has 0 unspecified atom stereocenters. The first-order valence-electron chi connectivity index (χ1n) is 9.93. The summed E-state index contributed by atoms with van der Waals surface area (Å²) in [6.45, 7) is 3.14. The van der Waals surface area contributed by atoms with Crippen molar-refractivity contribution in [3.8, 4) is 11.4 Å². The summed E-state index contributed by atoms with van der Waals surface area (Å²) in [5.74, 6) is 1.02. The van der Waals surface area contributed by atoms with Crippen LogP contribution in [0.4, 0.5) is 5.82 Å². The average molecular weight is 387 g/mol. The fraction of sp³-hybridized carbons (Fsp3) is 0.261. The van der Waals surface area contributed by atoms with Gasteiger partial charge in [0.15, 0.2) is 5.82 Å². The van der Waals surface area contributed by atoms with Gasteiger partial charge in [-0.25, -0.2) is 9.97 Å². The number of rotatable bonds is 6. The van der Waals surface area contributed by atoms with Gasteiger partial charge in [-0.05, 0) is 36.6 Å². The van der Waals surface area contributed by atoms with Gasteiger partial charge in [-0.15, -0.1) is 0 Å². The monoisotopic (exact) mass is 387 g/mol. The maximum Gasteiger partial charge on any atom is 0.248 e. The molecule has 1 aromatic heterocycles. The van der Waals surface area contributed by atoms with Gasteiger partial charge in [0.1, 0.15) is 5.82 Å². The van der Waals surface area contributed by atoms with Gasteiger partial charge in [-0.1, -0.05) is 42.5 Å². The number of aromatic nitrogens is 2. The van der Waals surface area contributed by atoms with Crippen LogP contribution in [0.25, 0.3) is 11.4 Å². The van der Waals surface area contributed by atoms with Gasteiger partial charge in [0, 0.05) is 43.0 Å². The number of amides is 1. The smallest absolute Gasteiger partial charge is 0.248 e. The van der Waals surface area contributed by atoms with E-state index in [0.29, 0.717) is 17.4 Å². The lowest BCUT2D eigenvalue weighted by Gasteiger charge is -2.32. The molecule has 2 aromatic carbocycles. The van der Waals surface area contributed by atoms with Crippen LogP contribution in [0.1, 0.15) is 28.8 Å². The van der Waals surface area contributed by atoms with Crippen molar-refractivity contribution in [1.82, 2.24) is 14.9 Å². The second kappa shape index (κ2) is 8.84. The zero-order valence-electron chi connectivity index (χ0n) is 16.3. The van der Waals surface area contributed by atoms with Gasteiger partial charge in [0.2, 0.25) is 5.91 Å². The van der Waals surface area contributed by atoms with E-state index in [1.165, 1.54) is 5.56 Å². The Morgan fingerprint density at radius 3 is 2.45 bits per heavy atom. The Morgan fingerprint density at radius 2 is 1.76 bits per heavy atom. The minimum atomic E-state index is -0.438. The second-order valence-electron chi connectivity index (χ2n) is 7.39. The Morgan fingerprint density at radius 1 is 1.03 bits per heavy atom. The van der Waals surface area contributed by atoms with Crippen LogP contribution in [-0.4, -0.2) is 39.9 Å². The topological polar surface area (TPSA) is 84.1 Å². The number of nitrogens with two attached hydrogens (primary N) is 1. The Bertz CT molecular complexity index is 951. The molecule has 6 nitrogen and oxygen atoms in total. The van der Waals surface area contributed by atoms with Crippen molar-refractivity contribution in [2.75, 3.05) is 18.4 Å². The van der Waals surface area contributed by atoms with Gasteiger partial charge in [-0.2, -0.15) is 0 Å². The van der Waals surface area contributed by atoms with E-state index in [0.717, 1.165) is 43.9 Å². The number of benzene rings is 2. The molecule has 1 amide bonds. The Labute approximate surface area is 170 Å². The molecule has 0 spiro atoms. The molecule has 6 heteroatoms. The Hall–Kier alpha value is -3.25. The molecular formula is C23H25N5O. The molecule has 3 N–H and O–H groups in total. The van der Waals surface area contributed by atoms with Gasteiger partial charge < -0.3 is 11.1 Å². The van der Waals surface area contributed by atoms with Crippen LogP contribution in [0, 0.1) is 0 Å². The molecule has 0 saturated carbocycles. The van der Waals surface area contributed by atoms with Crippen molar-refractivity contribution < 1.29 is 4.79 Å². The molecule has 0 aliphatic carbocycles. The summed E-state index contributed by atoms with van der Waals surface area (Å²) in [4.78, 5) is 22.7. The maximum atomic E-state index is 11.2. The standard InChI is InChI=1S/C23H25N5O/c24-22(29)18-6-8-19(9-7-18)23-25-13-10-21(27-23)26-20-11-14-28(15-12-20)16-17-4-2-1-3-5-17/h1-10,13,20H,11-12,14-16H2,(H2,24,29)(H,25,26,27). The number of nitrogens with zero attached hydrogens (tertiary/aromatic N) is 3. The molecule has 0 bridgehead atoms. The second-order valence-corrected chi connectivity index (χ2v) is 7.39. The van der Waals surface area contributed by atoms with Gasteiger partial charge in [-0.3, -0.25) is 9.69 Å². The fourth-order valence-electron chi connectivity index (χ4n) is 3.65. The summed E-state index contributed by atoms with van der Waals surface area (Å²) in [6, 6.07) is 20.0. The number of anilines is 1. The first-order valence-corrected chi connectivity index (χ1v) is 9.93. The third-order valence-corrected chi connectivity index (χ3v) is 5.27. The lowest BCUT2D eigenvalue weighted by molar-refractivity contribution is 0.100. The molecule has 0 radical (unpaired) electrons. The van der Waals surface area contributed by atoms with Gasteiger partial charge in [0.05, 0.1) is 0 Å². The van der Waals surface area contributed by atoms with E-state index in [-0.39, 0.29) is 0 Å². The van der Waals surface area contributed by atoms with Crippen molar-refractivity contribution in [2.24, 2.45) is 5.73 Å². The molecular weight excluding hydrogens is 362 g/mol. The van der Waals surface area contributed by atoms with Crippen LogP contribution in [0.2, 0.25) is 0 Å². The molecule has 1 saturated heterocycles. The number of nitrogens with one attached hydrogen (secondary N) is 1. The molecule has 1 fully saturated rings. The first-order chi connectivity index (χ1) is 14.2. The van der Waals surface area contributed by atoms with E-state index in [1.807, 2.05) is 18.2 Å². The Balaban J connectivity index is 1.34. The van der Waals surface area contributed by atoms with Gasteiger partial charge >= 0.3 is 0 Å². The summed E-state index contributed by atoms with van der Waals surface area (Å²) in [5.41, 5.74) is 8.00. The number of likely N-dealkylation sites (tertiary alicyclic amines) is 1. The molecule has 2 heterocycles. The number of piperidine rings is 1. The molecule has 4 rings (SSSR count). The molecule has 1 aliphatic rings. The van der Waals surface area contributed by atoms with Crippen LogP contribution < -0.4 is 11.1 Å². The van der Waals surface area contributed by atoms with E-state index in [9.17, 15) is 4.79 Å². The zero-order chi connectivity index (χ0) is 20.1. The summed E-state index contributed by atoms with van der Waals surface area (Å²) in [6.07, 6.45) is 3.93. The normalized spacial score (nSPS) is 15.2. The van der Waals surface area contributed by atoms with Crippen LogP contribution >= 0.6 is 0 Å². The highest BCUT2D eigenvalue weighted by Crippen LogP contribution is 2.20. The number of hydrogen-bond donors (Lipinski definition) is 2. The number of primary amides is 1. The quantitative estimate of drug-likeness (QED) is 0.678. The van der Waals surface area contributed by atoms with E-state index in [1.54, 1.807) is 18.3 Å². The predicted molar refractivity (Wildman–Crippen MR) is 114 cm³/mol. The lowest BCUT2D eigenvalue weighted by atomic mass is 10.0. The number of hydrogen-bond acceptors (Lipinski definition) is 5. The average Bonchev–Trinajstić information content (AvgIpc) is 2.76. The largest absolute Gasteiger partial charge is 0.367 e. The van der Waals surface area contributed by atoms with Crippen molar-refractivity contribution in [3.63, 3.8) is 0 Å².